The highest BCUT2D eigenvalue weighted by molar-refractivity contribution is 6.09. The number of unbranched alkanes of at least 4 members (excludes halogenated alkanes) is 1. The minimum atomic E-state index is 0.268. The van der Waals surface area contributed by atoms with Crippen molar-refractivity contribution < 1.29 is 14.6 Å². The van der Waals surface area contributed by atoms with Crippen molar-refractivity contribution in [2.45, 2.75) is 51.7 Å². The van der Waals surface area contributed by atoms with Gasteiger partial charge < -0.3 is 35.5 Å². The maximum absolute atomic E-state index is 7.00. The number of fused-ring (bicyclic) bond motifs is 3. The van der Waals surface area contributed by atoms with Crippen molar-refractivity contribution in [1.29, 1.82) is 0 Å². The van der Waals surface area contributed by atoms with E-state index in [0.29, 0.717) is 18.5 Å². The third-order valence-electron chi connectivity index (χ3n) is 6.76. The lowest BCUT2D eigenvalue weighted by molar-refractivity contribution is 0.0776. The van der Waals surface area contributed by atoms with Crippen LogP contribution in [0, 0.1) is 0 Å². The van der Waals surface area contributed by atoms with Gasteiger partial charge in [0.2, 0.25) is 11.8 Å². The second-order valence-electron chi connectivity index (χ2n) is 9.29. The molecule has 4 heterocycles. The summed E-state index contributed by atoms with van der Waals surface area (Å²) in [4.78, 5) is 13.8. The number of methoxy groups -OCH3 is 1. The van der Waals surface area contributed by atoms with Gasteiger partial charge in [0.1, 0.15) is 11.0 Å². The molecular formula is C28H39N7O3. The number of ether oxygens (including phenoxy) is 2. The van der Waals surface area contributed by atoms with Crippen LogP contribution in [0.5, 0.6) is 5.88 Å². The third-order valence-corrected chi connectivity index (χ3v) is 6.76. The molecule has 0 radical (unpaired) electrons. The van der Waals surface area contributed by atoms with Gasteiger partial charge in [-0.3, -0.25) is 0 Å². The summed E-state index contributed by atoms with van der Waals surface area (Å²) >= 11 is 0. The van der Waals surface area contributed by atoms with Crippen molar-refractivity contribution in [2.75, 3.05) is 45.0 Å². The van der Waals surface area contributed by atoms with Gasteiger partial charge in [-0.05, 0) is 37.0 Å². The van der Waals surface area contributed by atoms with Gasteiger partial charge in [-0.1, -0.05) is 31.5 Å². The second kappa shape index (κ2) is 13.4. The van der Waals surface area contributed by atoms with Gasteiger partial charge >= 0.3 is 0 Å². The molecule has 10 nitrogen and oxygen atoms in total. The average Bonchev–Trinajstić information content (AvgIpc) is 3.27. The van der Waals surface area contributed by atoms with Gasteiger partial charge in [0, 0.05) is 56.6 Å². The molecule has 0 bridgehead atoms. The normalized spacial score (nSPS) is 13.9. The number of nitrogens with zero attached hydrogens (tertiary/aromatic N) is 4. The Bertz CT molecular complexity index is 1340. The molecule has 10 heteroatoms. The monoisotopic (exact) mass is 521 g/mol. The molecule has 0 saturated carbocycles. The molecule has 0 spiro atoms. The van der Waals surface area contributed by atoms with Crippen LogP contribution in [0.1, 0.15) is 43.7 Å². The van der Waals surface area contributed by atoms with E-state index in [1.54, 1.807) is 7.11 Å². The Morgan fingerprint density at radius 1 is 1.18 bits per heavy atom. The summed E-state index contributed by atoms with van der Waals surface area (Å²) in [6.45, 7) is 5.96. The number of aliphatic hydroxyl groups excluding tert-OH is 1. The van der Waals surface area contributed by atoms with Crippen molar-refractivity contribution in [1.82, 2.24) is 24.8 Å². The Hall–Kier alpha value is -3.47. The van der Waals surface area contributed by atoms with E-state index in [-0.39, 0.29) is 5.95 Å². The van der Waals surface area contributed by atoms with Gasteiger partial charge in [0.05, 0.1) is 19.2 Å². The van der Waals surface area contributed by atoms with Crippen LogP contribution < -0.4 is 21.1 Å². The first-order valence-electron chi connectivity index (χ1n) is 13.2. The van der Waals surface area contributed by atoms with E-state index in [9.17, 15) is 0 Å². The lowest BCUT2D eigenvalue weighted by atomic mass is 10.1. The number of hydrogen-bond donors (Lipinski definition) is 4. The van der Waals surface area contributed by atoms with Crippen LogP contribution >= 0.6 is 0 Å². The van der Waals surface area contributed by atoms with E-state index in [4.69, 9.17) is 20.3 Å². The third kappa shape index (κ3) is 6.15. The SMILES string of the molecule is CCCCNc1nc(N)nc2c3ccccc3n(Cc3cc(CNC4CCOCC4)cnc3OC)c12.CO. The van der Waals surface area contributed by atoms with Gasteiger partial charge in [-0.25, -0.2) is 9.97 Å². The maximum Gasteiger partial charge on any atom is 0.222 e. The fourth-order valence-electron chi connectivity index (χ4n) is 4.89. The smallest absolute Gasteiger partial charge is 0.222 e. The van der Waals surface area contributed by atoms with Crippen molar-refractivity contribution >= 4 is 33.7 Å². The van der Waals surface area contributed by atoms with Crippen LogP contribution in [0.4, 0.5) is 11.8 Å². The molecule has 1 aromatic carbocycles. The van der Waals surface area contributed by atoms with Crippen LogP contribution in [0.15, 0.2) is 36.5 Å². The first kappa shape index (κ1) is 27.6. The first-order valence-corrected chi connectivity index (χ1v) is 13.2. The van der Waals surface area contributed by atoms with Crippen molar-refractivity contribution in [3.8, 4) is 5.88 Å². The van der Waals surface area contributed by atoms with Crippen LogP contribution in [-0.2, 0) is 17.8 Å². The summed E-state index contributed by atoms with van der Waals surface area (Å²) < 4.78 is 13.4. The van der Waals surface area contributed by atoms with Crippen molar-refractivity contribution in [3.05, 3.63) is 47.7 Å². The topological polar surface area (TPSA) is 132 Å². The molecule has 38 heavy (non-hydrogen) atoms. The Kier molecular flexibility index (Phi) is 9.69. The molecule has 204 valence electrons. The number of nitrogen functional groups attached to an aromatic ring is 1. The Morgan fingerprint density at radius 2 is 1.97 bits per heavy atom. The molecule has 5 N–H and O–H groups in total. The number of para-hydroxylation sites is 1. The lowest BCUT2D eigenvalue weighted by Crippen LogP contribution is -2.34. The zero-order valence-electron chi connectivity index (χ0n) is 22.5. The molecule has 0 amide bonds. The lowest BCUT2D eigenvalue weighted by Gasteiger charge is -2.23. The number of anilines is 2. The van der Waals surface area contributed by atoms with Crippen LogP contribution in [0.2, 0.25) is 0 Å². The largest absolute Gasteiger partial charge is 0.481 e. The predicted octanol–water partition coefficient (Wildman–Crippen LogP) is 3.71. The summed E-state index contributed by atoms with van der Waals surface area (Å²) in [5.41, 5.74) is 11.1. The molecule has 1 aliphatic rings. The van der Waals surface area contributed by atoms with E-state index in [1.165, 1.54) is 0 Å². The summed E-state index contributed by atoms with van der Waals surface area (Å²) in [6.07, 6.45) is 6.11. The molecule has 0 unspecified atom stereocenters. The second-order valence-corrected chi connectivity index (χ2v) is 9.29. The molecule has 1 fully saturated rings. The molecular weight excluding hydrogens is 482 g/mol. The highest BCUT2D eigenvalue weighted by Gasteiger charge is 2.20. The van der Waals surface area contributed by atoms with Gasteiger partial charge in [0.25, 0.3) is 0 Å². The fraction of sp³-hybridized carbons (Fsp3) is 0.464. The molecule has 4 aromatic rings. The van der Waals surface area contributed by atoms with Gasteiger partial charge in [0.15, 0.2) is 5.82 Å². The molecule has 1 aliphatic heterocycles. The molecule has 5 rings (SSSR count). The number of aromatic nitrogens is 4. The van der Waals surface area contributed by atoms with Gasteiger partial charge in [-0.15, -0.1) is 0 Å². The van der Waals surface area contributed by atoms with Crippen molar-refractivity contribution in [3.63, 3.8) is 0 Å². The zero-order valence-corrected chi connectivity index (χ0v) is 22.5. The number of rotatable bonds is 10. The number of pyridine rings is 1. The standard InChI is InChI=1S/C27H35N7O2.CH4O/c1-3-4-11-29-25-24-23(32-27(28)33-25)21-7-5-6-8-22(21)34(24)17-19-14-18(16-31-26(19)35-2)15-30-20-9-12-36-13-10-20;1-2/h5-8,14,16,20,30H,3-4,9-13,15,17H2,1-2H3,(H3,28,29,32,33);2H,1H3. The molecule has 3 aromatic heterocycles. The van der Waals surface area contributed by atoms with Crippen LogP contribution in [0.25, 0.3) is 21.9 Å². The molecule has 1 saturated heterocycles. The van der Waals surface area contributed by atoms with E-state index in [2.05, 4.69) is 55.3 Å². The van der Waals surface area contributed by atoms with Crippen LogP contribution in [0.3, 0.4) is 0 Å². The number of benzene rings is 1. The Morgan fingerprint density at radius 3 is 2.74 bits per heavy atom. The van der Waals surface area contributed by atoms with Gasteiger partial charge in [-0.2, -0.15) is 4.98 Å². The summed E-state index contributed by atoms with van der Waals surface area (Å²) in [5.74, 6) is 1.64. The Balaban J connectivity index is 0.00000164. The number of nitrogens with two attached hydrogens (primary N) is 1. The molecule has 0 aliphatic carbocycles. The summed E-state index contributed by atoms with van der Waals surface area (Å²) in [7, 11) is 2.67. The van der Waals surface area contributed by atoms with E-state index in [1.807, 2.05) is 18.3 Å². The number of aliphatic hydroxyl groups is 1. The highest BCUT2D eigenvalue weighted by atomic mass is 16.5. The number of hydrogen-bond acceptors (Lipinski definition) is 9. The maximum atomic E-state index is 7.00. The minimum absolute atomic E-state index is 0.268. The highest BCUT2D eigenvalue weighted by Crippen LogP contribution is 2.34. The van der Waals surface area contributed by atoms with Crippen molar-refractivity contribution in [2.24, 2.45) is 0 Å². The predicted molar refractivity (Wildman–Crippen MR) is 152 cm³/mol. The Labute approximate surface area is 223 Å². The zero-order chi connectivity index (χ0) is 26.9. The summed E-state index contributed by atoms with van der Waals surface area (Å²) in [6, 6.07) is 10.9. The minimum Gasteiger partial charge on any atom is -0.481 e. The van der Waals surface area contributed by atoms with E-state index < -0.39 is 0 Å². The molecule has 0 atom stereocenters. The quantitative estimate of drug-likeness (QED) is 0.231. The fourth-order valence-corrected chi connectivity index (χ4v) is 4.89. The van der Waals surface area contributed by atoms with Crippen LogP contribution in [-0.4, -0.2) is 64.6 Å². The first-order chi connectivity index (χ1) is 18.7. The van der Waals surface area contributed by atoms with E-state index in [0.717, 1.165) is 98.0 Å². The summed E-state index contributed by atoms with van der Waals surface area (Å²) in [5, 5.41) is 15.2. The number of nitrogens with one attached hydrogen (secondary N) is 2. The van der Waals surface area contributed by atoms with E-state index >= 15 is 0 Å². The average molecular weight is 522 g/mol.